The fourth-order valence-electron chi connectivity index (χ4n) is 7.76. The Kier molecular flexibility index (Phi) is 19.2. The molecule has 0 radical (unpaired) electrons. The molecule has 56 heavy (non-hydrogen) atoms. The Morgan fingerprint density at radius 1 is 0.929 bits per heavy atom. The van der Waals surface area contributed by atoms with Crippen LogP contribution in [0.5, 0.6) is 0 Å². The molecular formula is C42H63N3O10S. The molecule has 4 N–H and O–H groups in total. The Morgan fingerprint density at radius 2 is 1.64 bits per heavy atom. The van der Waals surface area contributed by atoms with Crippen LogP contribution in [0.4, 0.5) is 0 Å². The highest BCUT2D eigenvalue weighted by molar-refractivity contribution is 7.85. The maximum Gasteiger partial charge on any atom is 0.303 e. The van der Waals surface area contributed by atoms with E-state index in [9.17, 15) is 33.6 Å². The van der Waals surface area contributed by atoms with Crippen molar-refractivity contribution in [2.24, 2.45) is 11.8 Å². The van der Waals surface area contributed by atoms with Gasteiger partial charge in [-0.15, -0.1) is 0 Å². The number of aliphatic hydroxyl groups is 2. The molecule has 1 aliphatic carbocycles. The van der Waals surface area contributed by atoms with Gasteiger partial charge in [-0.25, -0.2) is 0 Å². The van der Waals surface area contributed by atoms with Crippen molar-refractivity contribution in [2.45, 2.75) is 115 Å². The average molecular weight is 802 g/mol. The summed E-state index contributed by atoms with van der Waals surface area (Å²) in [7, 11) is -1.70. The van der Waals surface area contributed by atoms with Gasteiger partial charge in [0, 0.05) is 50.0 Å². The summed E-state index contributed by atoms with van der Waals surface area (Å²) in [4.78, 5) is 53.9. The third kappa shape index (κ3) is 15.1. The molecule has 0 aromatic heterocycles. The van der Waals surface area contributed by atoms with Crippen molar-refractivity contribution >= 4 is 45.3 Å². The summed E-state index contributed by atoms with van der Waals surface area (Å²) in [5, 5.41) is 30.8. The van der Waals surface area contributed by atoms with Gasteiger partial charge >= 0.3 is 11.9 Å². The third-order valence-corrected chi connectivity index (χ3v) is 12.3. The Bertz CT molecular complexity index is 1580. The van der Waals surface area contributed by atoms with E-state index in [-0.39, 0.29) is 31.1 Å². The summed E-state index contributed by atoms with van der Waals surface area (Å²) in [6.07, 6.45) is 4.52. The van der Waals surface area contributed by atoms with Gasteiger partial charge in [-0.1, -0.05) is 94.3 Å². The SMILES string of the molecule is CCCC[C@H](NC(=O)[C@H](Cc1cccc2ccccc12)CS(=O)CC(COC(C)=O)OC(C)=O)C(=O)N[C@@H](CC1CCCCC1)[C@@H](O)[C@@H](O)CN1CCOCC1. The zero-order valence-corrected chi connectivity index (χ0v) is 34.1. The number of carbonyl (C=O) groups is 4. The van der Waals surface area contributed by atoms with E-state index in [4.69, 9.17) is 14.2 Å². The van der Waals surface area contributed by atoms with Gasteiger partial charge in [0.1, 0.15) is 24.9 Å². The molecule has 0 bridgehead atoms. The van der Waals surface area contributed by atoms with Crippen LogP contribution in [-0.2, 0) is 50.6 Å². The number of ether oxygens (including phenoxy) is 3. The van der Waals surface area contributed by atoms with E-state index in [0.29, 0.717) is 51.5 Å². The van der Waals surface area contributed by atoms with Crippen molar-refractivity contribution in [1.29, 1.82) is 0 Å². The fourth-order valence-corrected chi connectivity index (χ4v) is 9.20. The first-order chi connectivity index (χ1) is 26.9. The highest BCUT2D eigenvalue weighted by Crippen LogP contribution is 2.29. The topological polar surface area (TPSA) is 181 Å². The molecule has 0 spiro atoms. The van der Waals surface area contributed by atoms with Crippen molar-refractivity contribution in [1.82, 2.24) is 15.5 Å². The smallest absolute Gasteiger partial charge is 0.303 e. The Morgan fingerprint density at radius 3 is 2.34 bits per heavy atom. The van der Waals surface area contributed by atoms with Crippen LogP contribution in [0.15, 0.2) is 42.5 Å². The Labute approximate surface area is 334 Å². The highest BCUT2D eigenvalue weighted by atomic mass is 32.2. The number of β-amino-alcohol motifs (C(OH)–C–C–N with tert-alkyl or cyclic N) is 1. The number of benzene rings is 2. The van der Waals surface area contributed by atoms with Crippen molar-refractivity contribution in [2.75, 3.05) is 51.0 Å². The lowest BCUT2D eigenvalue weighted by Gasteiger charge is -2.35. The second kappa shape index (κ2) is 23.7. The van der Waals surface area contributed by atoms with Crippen molar-refractivity contribution in [3.8, 4) is 0 Å². The number of aliphatic hydroxyl groups excluding tert-OH is 2. The lowest BCUT2D eigenvalue weighted by atomic mass is 9.83. The number of esters is 2. The molecule has 14 heteroatoms. The predicted molar refractivity (Wildman–Crippen MR) is 215 cm³/mol. The minimum absolute atomic E-state index is 0.105. The van der Waals surface area contributed by atoms with E-state index in [1.807, 2.05) is 54.3 Å². The van der Waals surface area contributed by atoms with E-state index in [1.54, 1.807) is 0 Å². The van der Waals surface area contributed by atoms with Crippen LogP contribution >= 0.6 is 0 Å². The molecule has 2 aliphatic rings. The summed E-state index contributed by atoms with van der Waals surface area (Å²) in [6.45, 7) is 6.83. The first kappa shape index (κ1) is 45.3. The molecular weight excluding hydrogens is 739 g/mol. The number of hydrogen-bond acceptors (Lipinski definition) is 11. The van der Waals surface area contributed by atoms with E-state index in [0.717, 1.165) is 54.9 Å². The van der Waals surface area contributed by atoms with Crippen LogP contribution in [0.25, 0.3) is 10.8 Å². The monoisotopic (exact) mass is 801 g/mol. The summed E-state index contributed by atoms with van der Waals surface area (Å²) in [6, 6.07) is 11.9. The molecule has 2 unspecified atom stereocenters. The van der Waals surface area contributed by atoms with E-state index >= 15 is 0 Å². The Hall–Kier alpha value is -3.43. The van der Waals surface area contributed by atoms with Gasteiger partial charge in [0.05, 0.1) is 37.0 Å². The zero-order chi connectivity index (χ0) is 40.5. The van der Waals surface area contributed by atoms with Crippen LogP contribution in [0, 0.1) is 11.8 Å². The van der Waals surface area contributed by atoms with Gasteiger partial charge in [0.25, 0.3) is 0 Å². The van der Waals surface area contributed by atoms with Crippen LogP contribution in [0.3, 0.4) is 0 Å². The number of carbonyl (C=O) groups excluding carboxylic acids is 4. The zero-order valence-electron chi connectivity index (χ0n) is 33.3. The second-order valence-electron chi connectivity index (χ2n) is 15.4. The molecule has 2 amide bonds. The molecule has 4 rings (SSSR count). The summed E-state index contributed by atoms with van der Waals surface area (Å²) >= 11 is 0. The molecule has 2 aromatic carbocycles. The molecule has 1 saturated carbocycles. The minimum atomic E-state index is -1.70. The largest absolute Gasteiger partial charge is 0.462 e. The van der Waals surface area contributed by atoms with Gasteiger partial charge in [0.2, 0.25) is 11.8 Å². The van der Waals surface area contributed by atoms with E-state index < -0.39 is 70.9 Å². The number of nitrogens with one attached hydrogen (secondary N) is 2. The molecule has 13 nitrogen and oxygen atoms in total. The van der Waals surface area contributed by atoms with Crippen molar-refractivity contribution in [3.63, 3.8) is 0 Å². The lowest BCUT2D eigenvalue weighted by molar-refractivity contribution is -0.154. The summed E-state index contributed by atoms with van der Waals surface area (Å²) < 4.78 is 29.5. The van der Waals surface area contributed by atoms with E-state index in [2.05, 4.69) is 10.6 Å². The van der Waals surface area contributed by atoms with Crippen LogP contribution in [-0.4, -0.2) is 124 Å². The van der Waals surface area contributed by atoms with Crippen LogP contribution in [0.2, 0.25) is 0 Å². The van der Waals surface area contributed by atoms with Gasteiger partial charge < -0.3 is 35.1 Å². The molecule has 2 aromatic rings. The lowest BCUT2D eigenvalue weighted by Crippen LogP contribution is -2.57. The van der Waals surface area contributed by atoms with Crippen LogP contribution < -0.4 is 10.6 Å². The van der Waals surface area contributed by atoms with Gasteiger partial charge in [-0.3, -0.25) is 28.3 Å². The summed E-state index contributed by atoms with van der Waals surface area (Å²) in [5.41, 5.74) is 0.871. The third-order valence-electron chi connectivity index (χ3n) is 10.8. The maximum atomic E-state index is 14.4. The maximum absolute atomic E-state index is 14.4. The first-order valence-corrected chi connectivity index (χ1v) is 21.8. The molecule has 1 saturated heterocycles. The minimum Gasteiger partial charge on any atom is -0.462 e. The fraction of sp³-hybridized carbons (Fsp3) is 0.667. The number of hydrogen-bond donors (Lipinski definition) is 4. The van der Waals surface area contributed by atoms with Gasteiger partial charge in [0.15, 0.2) is 0 Å². The average Bonchev–Trinajstić information content (AvgIpc) is 3.18. The van der Waals surface area contributed by atoms with Gasteiger partial charge in [-0.05, 0) is 41.5 Å². The Balaban J connectivity index is 1.55. The number of fused-ring (bicyclic) bond motifs is 1. The van der Waals surface area contributed by atoms with Gasteiger partial charge in [-0.2, -0.15) is 0 Å². The molecule has 2 fully saturated rings. The predicted octanol–water partition coefficient (Wildman–Crippen LogP) is 3.43. The number of morpholine rings is 1. The quantitative estimate of drug-likeness (QED) is 0.128. The van der Waals surface area contributed by atoms with Crippen molar-refractivity contribution in [3.05, 3.63) is 48.0 Å². The summed E-state index contributed by atoms with van der Waals surface area (Å²) in [5.74, 6) is -2.89. The number of rotatable bonds is 22. The molecule has 312 valence electrons. The molecule has 7 atom stereocenters. The van der Waals surface area contributed by atoms with Crippen molar-refractivity contribution < 1.29 is 47.8 Å². The highest BCUT2D eigenvalue weighted by Gasteiger charge is 2.35. The van der Waals surface area contributed by atoms with Crippen LogP contribution in [0.1, 0.15) is 84.1 Å². The van der Waals surface area contributed by atoms with E-state index in [1.165, 1.54) is 13.8 Å². The number of unbranched alkanes of at least 4 members (excludes halogenated alkanes) is 1. The number of nitrogens with zero attached hydrogens (tertiary/aromatic N) is 1. The second-order valence-corrected chi connectivity index (χ2v) is 16.9. The normalized spacial score (nSPS) is 19.2. The molecule has 1 aliphatic heterocycles. The first-order valence-electron chi connectivity index (χ1n) is 20.3. The standard InChI is InChI=1S/C42H63N3O10S/c1-4-5-18-37(42(51)44-38(23-31-12-7-6-8-13-31)40(49)39(48)25-45-19-21-53-22-20-45)43-41(50)34(24-33-16-11-15-32-14-9-10-17-36(32)33)27-56(52)28-35(55-30(3)47)26-54-29(2)46/h9-11,14-17,31,34-35,37-40,48-49H,4-8,12-13,18-28H2,1-3H3,(H,43,50)(H,44,51)/t34-,35?,37+,38+,39+,40-,56?/m1/s1. The molecule has 1 heterocycles. The number of amides is 2.